The van der Waals surface area contributed by atoms with Crippen LogP contribution in [0.5, 0.6) is 0 Å². The van der Waals surface area contributed by atoms with E-state index in [-0.39, 0.29) is 13.2 Å². The van der Waals surface area contributed by atoms with Crippen LogP contribution in [0.25, 0.3) is 0 Å². The van der Waals surface area contributed by atoms with Crippen molar-refractivity contribution >= 4 is 0 Å². The number of aliphatic hydroxyl groups is 2. The molecular formula is C10H21NO3. The van der Waals surface area contributed by atoms with Crippen LogP contribution in [0, 0.1) is 0 Å². The molecule has 0 bridgehead atoms. The van der Waals surface area contributed by atoms with E-state index in [1.54, 1.807) is 7.11 Å². The molecule has 3 N–H and O–H groups in total. The minimum Gasteiger partial charge on any atom is -0.394 e. The van der Waals surface area contributed by atoms with Crippen molar-refractivity contribution in [3.05, 3.63) is 0 Å². The van der Waals surface area contributed by atoms with E-state index in [0.717, 1.165) is 19.3 Å². The Kier molecular flexibility index (Phi) is 4.31. The Labute approximate surface area is 85.3 Å². The van der Waals surface area contributed by atoms with Gasteiger partial charge in [-0.3, -0.25) is 0 Å². The van der Waals surface area contributed by atoms with Crippen LogP contribution in [-0.4, -0.2) is 48.2 Å². The Morgan fingerprint density at radius 2 is 1.93 bits per heavy atom. The fraction of sp³-hybridized carbons (Fsp3) is 1.00. The van der Waals surface area contributed by atoms with Gasteiger partial charge in [0.2, 0.25) is 0 Å². The van der Waals surface area contributed by atoms with Gasteiger partial charge in [0.15, 0.2) is 0 Å². The molecule has 0 radical (unpaired) electrons. The highest BCUT2D eigenvalue weighted by Gasteiger charge is 2.36. The quantitative estimate of drug-likeness (QED) is 0.563. The monoisotopic (exact) mass is 203 g/mol. The molecule has 4 nitrogen and oxygen atoms in total. The average Bonchev–Trinajstić information content (AvgIpc) is 2.18. The molecule has 1 fully saturated rings. The number of aliphatic hydroxyl groups excluding tert-OH is 2. The summed E-state index contributed by atoms with van der Waals surface area (Å²) in [5.41, 5.74) is -0.511. The summed E-state index contributed by atoms with van der Waals surface area (Å²) in [6, 6.07) is 0.374. The second kappa shape index (κ2) is 5.07. The second-order valence-electron chi connectivity index (χ2n) is 4.12. The zero-order chi connectivity index (χ0) is 10.6. The number of nitrogens with one attached hydrogen (secondary N) is 1. The summed E-state index contributed by atoms with van der Waals surface area (Å²) in [6.07, 6.45) is 3.02. The molecule has 0 spiro atoms. The third kappa shape index (κ3) is 2.45. The standard InChI is InChI=1S/C10H21NO3/c1-3-10(6-12,7-13)11-8-4-9(5-8)14-2/h8-9,11-13H,3-7H2,1-2H3. The number of rotatable bonds is 6. The lowest BCUT2D eigenvalue weighted by atomic mass is 9.85. The van der Waals surface area contributed by atoms with Gasteiger partial charge in [-0.15, -0.1) is 0 Å². The lowest BCUT2D eigenvalue weighted by Crippen LogP contribution is -2.59. The van der Waals surface area contributed by atoms with Gasteiger partial charge in [-0.2, -0.15) is 0 Å². The topological polar surface area (TPSA) is 61.7 Å². The highest BCUT2D eigenvalue weighted by atomic mass is 16.5. The van der Waals surface area contributed by atoms with E-state index in [0.29, 0.717) is 12.1 Å². The number of hydrogen-bond donors (Lipinski definition) is 3. The fourth-order valence-electron chi connectivity index (χ4n) is 1.78. The van der Waals surface area contributed by atoms with Gasteiger partial charge in [0, 0.05) is 13.2 Å². The average molecular weight is 203 g/mol. The smallest absolute Gasteiger partial charge is 0.0647 e. The molecule has 14 heavy (non-hydrogen) atoms. The largest absolute Gasteiger partial charge is 0.394 e. The molecule has 1 aliphatic rings. The predicted molar refractivity (Wildman–Crippen MR) is 54.1 cm³/mol. The van der Waals surface area contributed by atoms with Gasteiger partial charge in [-0.1, -0.05) is 6.92 Å². The number of methoxy groups -OCH3 is 1. The van der Waals surface area contributed by atoms with Gasteiger partial charge in [0.05, 0.1) is 24.9 Å². The van der Waals surface area contributed by atoms with Crippen molar-refractivity contribution in [3.8, 4) is 0 Å². The van der Waals surface area contributed by atoms with Crippen molar-refractivity contribution in [3.63, 3.8) is 0 Å². The van der Waals surface area contributed by atoms with Gasteiger partial charge >= 0.3 is 0 Å². The predicted octanol–water partition coefficient (Wildman–Crippen LogP) is -0.113. The Hall–Kier alpha value is -0.160. The van der Waals surface area contributed by atoms with Crippen LogP contribution < -0.4 is 5.32 Å². The normalized spacial score (nSPS) is 27.4. The molecule has 0 aromatic rings. The summed E-state index contributed by atoms with van der Waals surface area (Å²) < 4.78 is 5.17. The van der Waals surface area contributed by atoms with Crippen molar-refractivity contribution in [2.45, 2.75) is 43.9 Å². The first kappa shape index (κ1) is 11.9. The van der Waals surface area contributed by atoms with E-state index in [1.807, 2.05) is 6.92 Å². The number of ether oxygens (including phenoxy) is 1. The molecule has 1 rings (SSSR count). The Morgan fingerprint density at radius 3 is 2.29 bits per heavy atom. The molecular weight excluding hydrogens is 182 g/mol. The zero-order valence-corrected chi connectivity index (χ0v) is 8.99. The molecule has 0 saturated heterocycles. The summed E-state index contributed by atoms with van der Waals surface area (Å²) in [6.45, 7) is 1.92. The lowest BCUT2D eigenvalue weighted by Gasteiger charge is -2.42. The molecule has 0 atom stereocenters. The van der Waals surface area contributed by atoms with E-state index >= 15 is 0 Å². The molecule has 0 aromatic heterocycles. The molecule has 0 aromatic carbocycles. The van der Waals surface area contributed by atoms with Crippen molar-refractivity contribution in [2.75, 3.05) is 20.3 Å². The molecule has 4 heteroatoms. The second-order valence-corrected chi connectivity index (χ2v) is 4.12. The Bertz CT molecular complexity index is 156. The minimum atomic E-state index is -0.511. The first-order valence-corrected chi connectivity index (χ1v) is 5.22. The molecule has 84 valence electrons. The van der Waals surface area contributed by atoms with Gasteiger partial charge in [0.25, 0.3) is 0 Å². The van der Waals surface area contributed by atoms with Crippen LogP contribution in [0.15, 0.2) is 0 Å². The van der Waals surface area contributed by atoms with Crippen molar-refractivity contribution in [2.24, 2.45) is 0 Å². The maximum absolute atomic E-state index is 9.21. The van der Waals surface area contributed by atoms with Crippen molar-refractivity contribution < 1.29 is 14.9 Å². The van der Waals surface area contributed by atoms with Crippen LogP contribution in [0.3, 0.4) is 0 Å². The summed E-state index contributed by atoms with van der Waals surface area (Å²) >= 11 is 0. The van der Waals surface area contributed by atoms with Crippen LogP contribution in [0.4, 0.5) is 0 Å². The first-order chi connectivity index (χ1) is 6.69. The fourth-order valence-corrected chi connectivity index (χ4v) is 1.78. The highest BCUT2D eigenvalue weighted by molar-refractivity contribution is 4.95. The molecule has 0 amide bonds. The zero-order valence-electron chi connectivity index (χ0n) is 8.99. The van der Waals surface area contributed by atoms with E-state index in [1.165, 1.54) is 0 Å². The number of hydrogen-bond acceptors (Lipinski definition) is 4. The molecule has 0 heterocycles. The third-order valence-electron chi connectivity index (χ3n) is 3.22. The SMILES string of the molecule is CCC(CO)(CO)NC1CC(OC)C1. The van der Waals surface area contributed by atoms with Crippen LogP contribution >= 0.6 is 0 Å². The van der Waals surface area contributed by atoms with Crippen LogP contribution in [-0.2, 0) is 4.74 Å². The maximum atomic E-state index is 9.21. The molecule has 0 unspecified atom stereocenters. The molecule has 1 saturated carbocycles. The lowest BCUT2D eigenvalue weighted by molar-refractivity contribution is -0.00877. The summed E-state index contributed by atoms with van der Waals surface area (Å²) in [5, 5.41) is 21.7. The van der Waals surface area contributed by atoms with Crippen molar-refractivity contribution in [1.29, 1.82) is 0 Å². The third-order valence-corrected chi connectivity index (χ3v) is 3.22. The molecule has 1 aliphatic carbocycles. The van der Waals surface area contributed by atoms with Gasteiger partial charge in [-0.05, 0) is 19.3 Å². The Balaban J connectivity index is 2.34. The van der Waals surface area contributed by atoms with E-state index in [2.05, 4.69) is 5.32 Å². The van der Waals surface area contributed by atoms with Crippen LogP contribution in [0.1, 0.15) is 26.2 Å². The van der Waals surface area contributed by atoms with Gasteiger partial charge in [-0.25, -0.2) is 0 Å². The van der Waals surface area contributed by atoms with Gasteiger partial charge < -0.3 is 20.3 Å². The maximum Gasteiger partial charge on any atom is 0.0647 e. The molecule has 0 aliphatic heterocycles. The van der Waals surface area contributed by atoms with Crippen LogP contribution in [0.2, 0.25) is 0 Å². The van der Waals surface area contributed by atoms with Gasteiger partial charge in [0.1, 0.15) is 0 Å². The Morgan fingerprint density at radius 1 is 1.36 bits per heavy atom. The minimum absolute atomic E-state index is 0.0197. The van der Waals surface area contributed by atoms with E-state index in [4.69, 9.17) is 4.74 Å². The summed E-state index contributed by atoms with van der Waals surface area (Å²) in [4.78, 5) is 0. The highest BCUT2D eigenvalue weighted by Crippen LogP contribution is 2.25. The van der Waals surface area contributed by atoms with E-state index in [9.17, 15) is 10.2 Å². The summed E-state index contributed by atoms with van der Waals surface area (Å²) in [5.74, 6) is 0. The first-order valence-electron chi connectivity index (χ1n) is 5.22. The van der Waals surface area contributed by atoms with E-state index < -0.39 is 5.54 Å². The summed E-state index contributed by atoms with van der Waals surface area (Å²) in [7, 11) is 1.71. The van der Waals surface area contributed by atoms with Crippen molar-refractivity contribution in [1.82, 2.24) is 5.32 Å².